The van der Waals surface area contributed by atoms with Crippen molar-refractivity contribution >= 4 is 18.1 Å². The third kappa shape index (κ3) is 2.98. The van der Waals surface area contributed by atoms with Crippen LogP contribution in [0.5, 0.6) is 0 Å². The minimum absolute atomic E-state index is 0.255. The van der Waals surface area contributed by atoms with E-state index in [4.69, 9.17) is 10.2 Å². The Morgan fingerprint density at radius 1 is 1.27 bits per heavy atom. The number of benzene rings is 1. The Morgan fingerprint density at radius 2 is 2.09 bits per heavy atom. The lowest BCUT2D eigenvalue weighted by Gasteiger charge is -1.98. The molecule has 0 saturated heterocycles. The molecule has 1 amide bonds. The van der Waals surface area contributed by atoms with Crippen LogP contribution in [0.15, 0.2) is 45.9 Å². The van der Waals surface area contributed by atoms with Crippen molar-refractivity contribution < 1.29 is 9.21 Å². The Labute approximate surface area is 124 Å². The second kappa shape index (κ2) is 5.87. The molecule has 0 aliphatic carbocycles. The van der Waals surface area contributed by atoms with Gasteiger partial charge in [0, 0.05) is 11.1 Å². The smallest absolute Gasteiger partial charge is 0.283 e. The van der Waals surface area contributed by atoms with Gasteiger partial charge in [-0.15, -0.1) is 5.10 Å². The van der Waals surface area contributed by atoms with Gasteiger partial charge in [-0.05, 0) is 29.5 Å². The van der Waals surface area contributed by atoms with Crippen LogP contribution in [-0.2, 0) is 0 Å². The Hall–Kier alpha value is -3.49. The maximum Gasteiger partial charge on any atom is 0.283 e. The van der Waals surface area contributed by atoms with E-state index >= 15 is 0 Å². The number of carbonyl (C=O) groups is 1. The van der Waals surface area contributed by atoms with Crippen molar-refractivity contribution in [3.05, 3.63) is 47.7 Å². The lowest BCUT2D eigenvalue weighted by Crippen LogP contribution is -2.10. The summed E-state index contributed by atoms with van der Waals surface area (Å²) >= 11 is 0. The summed E-state index contributed by atoms with van der Waals surface area (Å²) in [5.74, 6) is 0.985. The van der Waals surface area contributed by atoms with Crippen LogP contribution in [0, 0.1) is 0 Å². The van der Waals surface area contributed by atoms with E-state index in [1.54, 1.807) is 36.4 Å². The Morgan fingerprint density at radius 3 is 2.77 bits per heavy atom. The van der Waals surface area contributed by atoms with E-state index in [-0.39, 0.29) is 5.95 Å². The summed E-state index contributed by atoms with van der Waals surface area (Å²) in [5.41, 5.74) is 9.06. The molecule has 4 N–H and O–H groups in total. The highest BCUT2D eigenvalue weighted by molar-refractivity contribution is 5.93. The van der Waals surface area contributed by atoms with Gasteiger partial charge in [0.1, 0.15) is 11.5 Å². The van der Waals surface area contributed by atoms with Gasteiger partial charge >= 0.3 is 0 Å². The largest absolute Gasteiger partial charge is 0.455 e. The van der Waals surface area contributed by atoms with Gasteiger partial charge < -0.3 is 10.2 Å². The lowest BCUT2D eigenvalue weighted by atomic mass is 10.1. The first-order valence-electron chi connectivity index (χ1n) is 6.25. The zero-order valence-electron chi connectivity index (χ0n) is 11.2. The number of nitrogens with two attached hydrogens (primary N) is 1. The summed E-state index contributed by atoms with van der Waals surface area (Å²) in [4.78, 5) is 11.0. The van der Waals surface area contributed by atoms with E-state index in [9.17, 15) is 4.79 Å². The van der Waals surface area contributed by atoms with Crippen molar-refractivity contribution in [3.63, 3.8) is 0 Å². The fraction of sp³-hybridized carbons (Fsp3) is 0. The van der Waals surface area contributed by atoms with Crippen molar-refractivity contribution in [3.8, 4) is 11.3 Å². The number of hydrogen-bond acceptors (Lipinski definition) is 7. The molecule has 9 nitrogen and oxygen atoms in total. The summed E-state index contributed by atoms with van der Waals surface area (Å²) < 4.78 is 5.62. The van der Waals surface area contributed by atoms with Gasteiger partial charge in [-0.2, -0.15) is 10.3 Å². The summed E-state index contributed by atoms with van der Waals surface area (Å²) in [7, 11) is 0. The first-order chi connectivity index (χ1) is 10.7. The van der Waals surface area contributed by atoms with Crippen LogP contribution in [0.3, 0.4) is 0 Å². The number of H-pyrrole nitrogens is 1. The quantitative estimate of drug-likeness (QED) is 0.475. The molecule has 3 rings (SSSR count). The molecule has 0 spiro atoms. The standard InChI is InChI=1S/C13H11N7O2/c14-12(21)9-3-1-8(2-4-9)11-6-5-10(22-11)7-15-16-13-17-19-20-18-13/h1-7H,(H2,14,21)(H2,16,17,18,19,20)/b15-7-. The first kappa shape index (κ1) is 13.5. The molecule has 1 aromatic carbocycles. The van der Waals surface area contributed by atoms with E-state index in [0.29, 0.717) is 17.1 Å². The second-order valence-corrected chi connectivity index (χ2v) is 4.25. The number of amides is 1. The first-order valence-corrected chi connectivity index (χ1v) is 6.25. The number of carbonyl (C=O) groups excluding carboxylic acids is 1. The Balaban J connectivity index is 1.70. The zero-order chi connectivity index (χ0) is 15.4. The fourth-order valence-corrected chi connectivity index (χ4v) is 1.74. The highest BCUT2D eigenvalue weighted by Crippen LogP contribution is 2.21. The number of nitrogens with one attached hydrogen (secondary N) is 2. The minimum Gasteiger partial charge on any atom is -0.455 e. The molecule has 0 fully saturated rings. The Bertz CT molecular complexity index is 790. The van der Waals surface area contributed by atoms with E-state index in [1.165, 1.54) is 6.21 Å². The minimum atomic E-state index is -0.466. The molecule has 0 aliphatic heterocycles. The van der Waals surface area contributed by atoms with Crippen LogP contribution in [0.4, 0.5) is 5.95 Å². The van der Waals surface area contributed by atoms with Crippen molar-refractivity contribution in [2.45, 2.75) is 0 Å². The average molecular weight is 297 g/mol. The van der Waals surface area contributed by atoms with Gasteiger partial charge in [-0.25, -0.2) is 5.43 Å². The van der Waals surface area contributed by atoms with Crippen molar-refractivity contribution in [1.29, 1.82) is 0 Å². The van der Waals surface area contributed by atoms with E-state index in [2.05, 4.69) is 31.2 Å². The number of aromatic nitrogens is 4. The van der Waals surface area contributed by atoms with Crippen LogP contribution >= 0.6 is 0 Å². The maximum absolute atomic E-state index is 11.0. The Kier molecular flexibility index (Phi) is 3.60. The highest BCUT2D eigenvalue weighted by Gasteiger charge is 2.05. The number of primary amides is 1. The van der Waals surface area contributed by atoms with Gasteiger partial charge in [0.05, 0.1) is 6.21 Å². The summed E-state index contributed by atoms with van der Waals surface area (Å²) in [6.45, 7) is 0. The van der Waals surface area contributed by atoms with Gasteiger partial charge in [-0.3, -0.25) is 4.79 Å². The fourth-order valence-electron chi connectivity index (χ4n) is 1.74. The van der Waals surface area contributed by atoms with Crippen LogP contribution in [0.25, 0.3) is 11.3 Å². The molecule has 0 aliphatic rings. The third-order valence-electron chi connectivity index (χ3n) is 2.78. The number of furan rings is 1. The van der Waals surface area contributed by atoms with Crippen LogP contribution in [-0.4, -0.2) is 32.7 Å². The molecule has 2 heterocycles. The molecule has 0 atom stereocenters. The normalized spacial score (nSPS) is 10.9. The van der Waals surface area contributed by atoms with Crippen molar-refractivity contribution in [1.82, 2.24) is 20.6 Å². The predicted octanol–water partition coefficient (Wildman–Crippen LogP) is 1.00. The molecule has 0 radical (unpaired) electrons. The molecule has 110 valence electrons. The molecule has 2 aromatic heterocycles. The SMILES string of the molecule is NC(=O)c1ccc(-c2ccc(/C=N\Nc3nn[nH]n3)o2)cc1. The highest BCUT2D eigenvalue weighted by atomic mass is 16.3. The molecule has 3 aromatic rings. The lowest BCUT2D eigenvalue weighted by molar-refractivity contribution is 0.100. The van der Waals surface area contributed by atoms with Crippen molar-refractivity contribution in [2.24, 2.45) is 10.8 Å². The summed E-state index contributed by atoms with van der Waals surface area (Å²) in [5, 5.41) is 17.0. The van der Waals surface area contributed by atoms with Gasteiger partial charge in [0.15, 0.2) is 0 Å². The molecule has 22 heavy (non-hydrogen) atoms. The zero-order valence-corrected chi connectivity index (χ0v) is 11.2. The molecule has 9 heteroatoms. The topological polar surface area (TPSA) is 135 Å². The van der Waals surface area contributed by atoms with Crippen LogP contribution in [0.2, 0.25) is 0 Å². The van der Waals surface area contributed by atoms with Gasteiger partial charge in [0.2, 0.25) is 5.91 Å². The van der Waals surface area contributed by atoms with Gasteiger partial charge in [-0.1, -0.05) is 17.2 Å². The summed E-state index contributed by atoms with van der Waals surface area (Å²) in [6.07, 6.45) is 1.48. The van der Waals surface area contributed by atoms with Gasteiger partial charge in [0.25, 0.3) is 5.95 Å². The van der Waals surface area contributed by atoms with E-state index < -0.39 is 5.91 Å². The molecule has 0 saturated carbocycles. The number of hydrazone groups is 1. The molecular weight excluding hydrogens is 286 g/mol. The van der Waals surface area contributed by atoms with Crippen LogP contribution in [0.1, 0.15) is 16.1 Å². The number of hydrogen-bond donors (Lipinski definition) is 3. The second-order valence-electron chi connectivity index (χ2n) is 4.25. The number of tetrazole rings is 1. The predicted molar refractivity (Wildman–Crippen MR) is 78.1 cm³/mol. The van der Waals surface area contributed by atoms with Crippen LogP contribution < -0.4 is 11.2 Å². The number of rotatable bonds is 5. The number of aromatic amines is 1. The average Bonchev–Trinajstić information content (AvgIpc) is 3.19. The molecule has 0 bridgehead atoms. The monoisotopic (exact) mass is 297 g/mol. The van der Waals surface area contributed by atoms with Crippen molar-refractivity contribution in [2.75, 3.05) is 5.43 Å². The molecule has 0 unspecified atom stereocenters. The summed E-state index contributed by atoms with van der Waals surface area (Å²) in [6, 6.07) is 10.4. The van der Waals surface area contributed by atoms with E-state index in [0.717, 1.165) is 5.56 Å². The number of anilines is 1. The maximum atomic E-state index is 11.0. The third-order valence-corrected chi connectivity index (χ3v) is 2.78. The van der Waals surface area contributed by atoms with E-state index in [1.807, 2.05) is 0 Å². The molecular formula is C13H11N7O2. The number of nitrogens with zero attached hydrogens (tertiary/aromatic N) is 4.